The van der Waals surface area contributed by atoms with Crippen molar-refractivity contribution in [2.75, 3.05) is 5.73 Å². The molecule has 0 saturated carbocycles. The van der Waals surface area contributed by atoms with Crippen LogP contribution in [0.15, 0.2) is 48.1 Å². The third-order valence-electron chi connectivity index (χ3n) is 2.25. The van der Waals surface area contributed by atoms with Gasteiger partial charge < -0.3 is 5.73 Å². The van der Waals surface area contributed by atoms with Crippen molar-refractivity contribution >= 4 is 17.1 Å². The molecule has 17 heavy (non-hydrogen) atoms. The molecule has 1 aromatic rings. The summed E-state index contributed by atoms with van der Waals surface area (Å²) in [5.41, 5.74) is 9.14. The topological polar surface area (TPSA) is 73.7 Å². The molecule has 1 aliphatic carbocycles. The second kappa shape index (κ2) is 5.80. The zero-order valence-electron chi connectivity index (χ0n) is 10.1. The molecule has 3 nitrogen and oxygen atoms in total. The fourth-order valence-electron chi connectivity index (χ4n) is 1.22. The van der Waals surface area contributed by atoms with Crippen molar-refractivity contribution in [2.24, 2.45) is 0 Å². The normalized spacial score (nSPS) is 13.9. The minimum atomic E-state index is 0.292. The number of nitrogen functional groups attached to an aromatic ring is 1. The van der Waals surface area contributed by atoms with Crippen molar-refractivity contribution in [3.8, 4) is 0 Å². The molecule has 0 heterocycles. The Hall–Kier alpha value is -2.16. The highest BCUT2D eigenvalue weighted by molar-refractivity contribution is 6.49. The summed E-state index contributed by atoms with van der Waals surface area (Å²) >= 11 is 0. The van der Waals surface area contributed by atoms with Gasteiger partial charge in [-0.15, -0.1) is 0 Å². The van der Waals surface area contributed by atoms with Crippen LogP contribution >= 0.6 is 0 Å². The lowest BCUT2D eigenvalue weighted by Gasteiger charge is -2.01. The molecule has 1 aliphatic rings. The molecule has 0 unspecified atom stereocenters. The molecule has 0 aliphatic heterocycles. The smallest absolute Gasteiger partial charge is 0.0791 e. The molecule has 0 spiro atoms. The van der Waals surface area contributed by atoms with Crippen LogP contribution in [0, 0.1) is 17.7 Å². The van der Waals surface area contributed by atoms with Gasteiger partial charge in [-0.1, -0.05) is 23.8 Å². The summed E-state index contributed by atoms with van der Waals surface area (Å²) in [6.45, 7) is 3.96. The van der Waals surface area contributed by atoms with Gasteiger partial charge >= 0.3 is 0 Å². The maximum Gasteiger partial charge on any atom is 0.0791 e. The summed E-state index contributed by atoms with van der Waals surface area (Å²) in [6, 6.07) is 7.79. The molecule has 4 N–H and O–H groups in total. The standard InChI is InChI=1S/C7H8N2.C7H9N/c1-5-2-3-6(8)7(9)4-5;1-6-2-4-7(8)5-3-6/h2-4,8-9H,1H3;2-5H,8H2,1H3. The van der Waals surface area contributed by atoms with E-state index in [0.29, 0.717) is 11.4 Å². The van der Waals surface area contributed by atoms with Gasteiger partial charge in [-0.05, 0) is 43.7 Å². The van der Waals surface area contributed by atoms with Gasteiger partial charge in [0.05, 0.1) is 11.4 Å². The summed E-state index contributed by atoms with van der Waals surface area (Å²) in [4.78, 5) is 0. The Bertz CT molecular complexity index is 458. The molecular formula is C14H17N3. The van der Waals surface area contributed by atoms with Crippen molar-refractivity contribution in [2.45, 2.75) is 13.8 Å². The van der Waals surface area contributed by atoms with Gasteiger partial charge in [-0.25, -0.2) is 0 Å². The van der Waals surface area contributed by atoms with Crippen LogP contribution in [0.3, 0.4) is 0 Å². The zero-order valence-corrected chi connectivity index (χ0v) is 10.1. The maximum absolute atomic E-state index is 7.17. The van der Waals surface area contributed by atoms with E-state index in [9.17, 15) is 0 Å². The summed E-state index contributed by atoms with van der Waals surface area (Å²) in [6.07, 6.45) is 5.15. The molecule has 0 amide bonds. The SMILES string of the molecule is CC1=CC(=N)C(=N)C=C1.Cc1ccc(N)cc1. The molecule has 3 heteroatoms. The van der Waals surface area contributed by atoms with Gasteiger partial charge in [0.1, 0.15) is 0 Å². The third-order valence-corrected chi connectivity index (χ3v) is 2.25. The number of aryl methyl sites for hydroxylation is 1. The lowest BCUT2D eigenvalue weighted by atomic mass is 10.1. The minimum absolute atomic E-state index is 0.292. The van der Waals surface area contributed by atoms with Crippen LogP contribution in [0.1, 0.15) is 12.5 Å². The third kappa shape index (κ3) is 4.47. The van der Waals surface area contributed by atoms with E-state index in [1.165, 1.54) is 5.56 Å². The number of hydrogen-bond acceptors (Lipinski definition) is 3. The van der Waals surface area contributed by atoms with E-state index in [4.69, 9.17) is 16.6 Å². The largest absolute Gasteiger partial charge is 0.399 e. The lowest BCUT2D eigenvalue weighted by Crippen LogP contribution is -2.08. The van der Waals surface area contributed by atoms with E-state index in [1.54, 1.807) is 12.2 Å². The fourth-order valence-corrected chi connectivity index (χ4v) is 1.22. The Morgan fingerprint density at radius 3 is 1.88 bits per heavy atom. The molecule has 0 bridgehead atoms. The van der Waals surface area contributed by atoms with Gasteiger partial charge in [0, 0.05) is 5.69 Å². The van der Waals surface area contributed by atoms with E-state index in [0.717, 1.165) is 11.3 Å². The van der Waals surface area contributed by atoms with Crippen molar-refractivity contribution < 1.29 is 0 Å². The highest BCUT2D eigenvalue weighted by Gasteiger charge is 2.01. The Kier molecular flexibility index (Phi) is 4.40. The number of hydrogen-bond donors (Lipinski definition) is 3. The van der Waals surface area contributed by atoms with Crippen LogP contribution < -0.4 is 5.73 Å². The number of rotatable bonds is 0. The van der Waals surface area contributed by atoms with Gasteiger partial charge in [-0.2, -0.15) is 0 Å². The second-order valence-electron chi connectivity index (χ2n) is 3.96. The van der Waals surface area contributed by atoms with Crippen molar-refractivity contribution in [3.05, 3.63) is 53.6 Å². The molecule has 0 saturated heterocycles. The first-order chi connectivity index (χ1) is 7.99. The monoisotopic (exact) mass is 227 g/mol. The molecular weight excluding hydrogens is 210 g/mol. The molecule has 1 aromatic carbocycles. The second-order valence-corrected chi connectivity index (χ2v) is 3.96. The average Bonchev–Trinajstić information content (AvgIpc) is 2.29. The predicted octanol–water partition coefficient (Wildman–Crippen LogP) is 3.12. The van der Waals surface area contributed by atoms with E-state index >= 15 is 0 Å². The summed E-state index contributed by atoms with van der Waals surface area (Å²) < 4.78 is 0. The van der Waals surface area contributed by atoms with Crippen LogP contribution in [-0.4, -0.2) is 11.4 Å². The van der Waals surface area contributed by atoms with Gasteiger partial charge in [-0.3, -0.25) is 10.8 Å². The van der Waals surface area contributed by atoms with Gasteiger partial charge in [0.2, 0.25) is 0 Å². The Morgan fingerprint density at radius 1 is 0.882 bits per heavy atom. The molecule has 88 valence electrons. The number of nitrogens with two attached hydrogens (primary N) is 1. The highest BCUT2D eigenvalue weighted by Crippen LogP contribution is 2.03. The van der Waals surface area contributed by atoms with E-state index in [-0.39, 0.29) is 0 Å². The van der Waals surface area contributed by atoms with Crippen molar-refractivity contribution in [1.82, 2.24) is 0 Å². The quantitative estimate of drug-likeness (QED) is 0.462. The van der Waals surface area contributed by atoms with Crippen molar-refractivity contribution in [1.29, 1.82) is 10.8 Å². The molecule has 0 aromatic heterocycles. The Balaban J connectivity index is 0.000000171. The molecule has 2 rings (SSSR count). The summed E-state index contributed by atoms with van der Waals surface area (Å²) in [7, 11) is 0. The molecule has 0 fully saturated rings. The van der Waals surface area contributed by atoms with E-state index < -0.39 is 0 Å². The Morgan fingerprint density at radius 2 is 1.47 bits per heavy atom. The van der Waals surface area contributed by atoms with Gasteiger partial charge in [0.25, 0.3) is 0 Å². The average molecular weight is 227 g/mol. The van der Waals surface area contributed by atoms with E-state index in [1.807, 2.05) is 44.2 Å². The maximum atomic E-state index is 7.17. The number of allylic oxidation sites excluding steroid dienone is 4. The van der Waals surface area contributed by atoms with Crippen LogP contribution in [-0.2, 0) is 0 Å². The van der Waals surface area contributed by atoms with E-state index in [2.05, 4.69) is 0 Å². The zero-order chi connectivity index (χ0) is 12.8. The highest BCUT2D eigenvalue weighted by atomic mass is 14.5. The fraction of sp³-hybridized carbons (Fsp3) is 0.143. The van der Waals surface area contributed by atoms with Crippen LogP contribution in [0.2, 0.25) is 0 Å². The predicted molar refractivity (Wildman–Crippen MR) is 73.9 cm³/mol. The first-order valence-corrected chi connectivity index (χ1v) is 5.35. The number of nitrogens with one attached hydrogen (secondary N) is 2. The van der Waals surface area contributed by atoms with Crippen LogP contribution in [0.4, 0.5) is 5.69 Å². The number of anilines is 1. The van der Waals surface area contributed by atoms with Crippen LogP contribution in [0.25, 0.3) is 0 Å². The molecule has 0 atom stereocenters. The summed E-state index contributed by atoms with van der Waals surface area (Å²) in [5, 5.41) is 14.3. The summed E-state index contributed by atoms with van der Waals surface area (Å²) in [5.74, 6) is 0. The van der Waals surface area contributed by atoms with Crippen molar-refractivity contribution in [3.63, 3.8) is 0 Å². The first-order valence-electron chi connectivity index (χ1n) is 5.35. The van der Waals surface area contributed by atoms with Crippen LogP contribution in [0.5, 0.6) is 0 Å². The Labute approximate surface area is 102 Å². The lowest BCUT2D eigenvalue weighted by molar-refractivity contribution is 1.45. The number of benzene rings is 1. The molecule has 0 radical (unpaired) electrons. The van der Waals surface area contributed by atoms with Gasteiger partial charge in [0.15, 0.2) is 0 Å². The first kappa shape index (κ1) is 12.9. The minimum Gasteiger partial charge on any atom is -0.399 e.